The van der Waals surface area contributed by atoms with E-state index >= 15 is 0 Å². The van der Waals surface area contributed by atoms with Gasteiger partial charge in [0.2, 0.25) is 0 Å². The highest BCUT2D eigenvalue weighted by Gasteiger charge is 2.19. The predicted molar refractivity (Wildman–Crippen MR) is 78.9 cm³/mol. The maximum absolute atomic E-state index is 12.5. The first-order chi connectivity index (χ1) is 9.14. The van der Waals surface area contributed by atoms with E-state index in [0.717, 1.165) is 10.9 Å². The van der Waals surface area contributed by atoms with Crippen LogP contribution in [0, 0.1) is 0 Å². The Hall–Kier alpha value is -1.85. The van der Waals surface area contributed by atoms with Crippen LogP contribution in [0.2, 0.25) is 0 Å². The third kappa shape index (κ3) is 1.82. The smallest absolute Gasteiger partial charge is 0.240 e. The summed E-state index contributed by atoms with van der Waals surface area (Å²) in [5.41, 5.74) is 1.60. The number of aromatic nitrogens is 1. The monoisotopic (exact) mass is 289 g/mol. The third-order valence-electron chi connectivity index (χ3n) is 2.96. The van der Waals surface area contributed by atoms with Crippen molar-refractivity contribution in [3.05, 3.63) is 60.1 Å². The van der Waals surface area contributed by atoms with Gasteiger partial charge in [-0.2, -0.15) is 8.42 Å². The second-order valence-corrected chi connectivity index (χ2v) is 7.02. The zero-order chi connectivity index (χ0) is 13.5. The first-order valence-corrected chi connectivity index (χ1v) is 7.98. The molecule has 0 aliphatic heterocycles. The molecule has 3 aromatic rings. The van der Waals surface area contributed by atoms with Crippen molar-refractivity contribution in [3.63, 3.8) is 0 Å². The lowest BCUT2D eigenvalue weighted by atomic mass is 10.1. The van der Waals surface area contributed by atoms with E-state index in [2.05, 4.69) is 6.58 Å². The van der Waals surface area contributed by atoms with Crippen LogP contribution in [-0.4, -0.2) is 12.4 Å². The van der Waals surface area contributed by atoms with Gasteiger partial charge in [0.25, 0.3) is 10.0 Å². The van der Waals surface area contributed by atoms with Gasteiger partial charge in [-0.3, -0.25) is 0 Å². The Balaban J connectivity index is 2.31. The number of thiophene rings is 1. The van der Waals surface area contributed by atoms with Gasteiger partial charge in [0.15, 0.2) is 0 Å². The van der Waals surface area contributed by atoms with Crippen LogP contribution in [0.3, 0.4) is 0 Å². The minimum absolute atomic E-state index is 0.342. The van der Waals surface area contributed by atoms with Gasteiger partial charge in [-0.1, -0.05) is 30.9 Å². The van der Waals surface area contributed by atoms with Gasteiger partial charge in [0, 0.05) is 11.6 Å². The zero-order valence-corrected chi connectivity index (χ0v) is 11.6. The molecule has 0 aliphatic rings. The zero-order valence-electron chi connectivity index (χ0n) is 9.98. The van der Waals surface area contributed by atoms with Crippen LogP contribution in [-0.2, 0) is 10.0 Å². The van der Waals surface area contributed by atoms with Crippen LogP contribution in [0.25, 0.3) is 17.0 Å². The van der Waals surface area contributed by atoms with Crippen molar-refractivity contribution in [1.82, 2.24) is 3.97 Å². The van der Waals surface area contributed by atoms with E-state index in [1.165, 1.54) is 15.3 Å². The highest BCUT2D eigenvalue weighted by atomic mass is 32.2. The summed E-state index contributed by atoms with van der Waals surface area (Å²) in [6.07, 6.45) is 3.32. The van der Waals surface area contributed by atoms with Crippen LogP contribution in [0.5, 0.6) is 0 Å². The van der Waals surface area contributed by atoms with Crippen molar-refractivity contribution in [1.29, 1.82) is 0 Å². The van der Waals surface area contributed by atoms with Crippen LogP contribution in [0.1, 0.15) is 5.56 Å². The molecule has 0 unspecified atom stereocenters. The summed E-state index contributed by atoms with van der Waals surface area (Å²) in [6.45, 7) is 3.75. The summed E-state index contributed by atoms with van der Waals surface area (Å²) in [5.74, 6) is 0. The van der Waals surface area contributed by atoms with Gasteiger partial charge in [0.05, 0.1) is 5.52 Å². The molecule has 0 amide bonds. The second kappa shape index (κ2) is 4.36. The SMILES string of the molecule is C=Cc1cccc2c1ccn2S(=O)(=O)c1cccs1. The highest BCUT2D eigenvalue weighted by molar-refractivity contribution is 7.92. The molecule has 3 rings (SSSR count). The Morgan fingerprint density at radius 2 is 2.00 bits per heavy atom. The van der Waals surface area contributed by atoms with Gasteiger partial charge < -0.3 is 0 Å². The van der Waals surface area contributed by atoms with Gasteiger partial charge in [-0.25, -0.2) is 3.97 Å². The fourth-order valence-electron chi connectivity index (χ4n) is 2.06. The number of nitrogens with zero attached hydrogens (tertiary/aromatic N) is 1. The summed E-state index contributed by atoms with van der Waals surface area (Å²) >= 11 is 1.22. The van der Waals surface area contributed by atoms with Crippen LogP contribution in [0.15, 0.2) is 58.8 Å². The van der Waals surface area contributed by atoms with E-state index in [1.807, 2.05) is 12.1 Å². The Labute approximate surface area is 115 Å². The Bertz CT molecular complexity index is 843. The lowest BCUT2D eigenvalue weighted by Crippen LogP contribution is -2.10. The minimum Gasteiger partial charge on any atom is -0.240 e. The summed E-state index contributed by atoms with van der Waals surface area (Å²) in [7, 11) is -3.50. The van der Waals surface area contributed by atoms with Crippen LogP contribution < -0.4 is 0 Å². The van der Waals surface area contributed by atoms with Crippen molar-refractivity contribution in [2.45, 2.75) is 4.21 Å². The molecule has 3 nitrogen and oxygen atoms in total. The fourth-order valence-corrected chi connectivity index (χ4v) is 4.49. The molecule has 96 valence electrons. The molecule has 19 heavy (non-hydrogen) atoms. The van der Waals surface area contributed by atoms with Crippen molar-refractivity contribution < 1.29 is 8.42 Å². The summed E-state index contributed by atoms with van der Waals surface area (Å²) in [4.78, 5) is 0. The van der Waals surface area contributed by atoms with Crippen molar-refractivity contribution in [2.75, 3.05) is 0 Å². The average Bonchev–Trinajstić information content (AvgIpc) is 3.07. The van der Waals surface area contributed by atoms with E-state index in [4.69, 9.17) is 0 Å². The summed E-state index contributed by atoms with van der Waals surface area (Å²) < 4.78 is 26.7. The predicted octanol–water partition coefficient (Wildman–Crippen LogP) is 3.58. The first kappa shape index (κ1) is 12.2. The molecule has 0 fully saturated rings. The molecule has 0 spiro atoms. The fraction of sp³-hybridized carbons (Fsp3) is 0. The molecule has 5 heteroatoms. The van der Waals surface area contributed by atoms with E-state index in [-0.39, 0.29) is 0 Å². The number of hydrogen-bond donors (Lipinski definition) is 0. The van der Waals surface area contributed by atoms with Crippen molar-refractivity contribution >= 4 is 38.3 Å². The molecular weight excluding hydrogens is 278 g/mol. The number of rotatable bonds is 3. The Morgan fingerprint density at radius 1 is 1.16 bits per heavy atom. The molecule has 0 saturated heterocycles. The number of benzene rings is 1. The molecule has 2 heterocycles. The standard InChI is InChI=1S/C14H11NO2S2/c1-2-11-5-3-6-13-12(11)8-9-15(13)19(16,17)14-7-4-10-18-14/h2-10H,1H2. The number of hydrogen-bond acceptors (Lipinski definition) is 3. The lowest BCUT2D eigenvalue weighted by Gasteiger charge is -2.05. The van der Waals surface area contributed by atoms with Crippen molar-refractivity contribution in [2.24, 2.45) is 0 Å². The van der Waals surface area contributed by atoms with Crippen LogP contribution >= 0.6 is 11.3 Å². The quantitative estimate of drug-likeness (QED) is 0.739. The summed E-state index contributed by atoms with van der Waals surface area (Å²) in [6, 6.07) is 10.7. The van der Waals surface area contributed by atoms with E-state index in [1.54, 1.807) is 41.9 Å². The van der Waals surface area contributed by atoms with E-state index in [0.29, 0.717) is 9.73 Å². The maximum atomic E-state index is 12.5. The lowest BCUT2D eigenvalue weighted by molar-refractivity contribution is 0.591. The van der Waals surface area contributed by atoms with Gasteiger partial charge >= 0.3 is 0 Å². The third-order valence-corrected chi connectivity index (χ3v) is 6.02. The second-order valence-electron chi connectivity index (χ2n) is 4.03. The highest BCUT2D eigenvalue weighted by Crippen LogP contribution is 2.27. The topological polar surface area (TPSA) is 39.1 Å². The molecule has 0 saturated carbocycles. The molecule has 2 aromatic heterocycles. The molecule has 0 atom stereocenters. The molecule has 0 radical (unpaired) electrons. The summed E-state index contributed by atoms with van der Waals surface area (Å²) in [5, 5.41) is 2.64. The van der Waals surface area contributed by atoms with Gasteiger partial charge in [0.1, 0.15) is 4.21 Å². The number of fused-ring (bicyclic) bond motifs is 1. The molecule has 1 aromatic carbocycles. The molecular formula is C14H11NO2S2. The van der Waals surface area contributed by atoms with Crippen molar-refractivity contribution in [3.8, 4) is 0 Å². The van der Waals surface area contributed by atoms with Crippen LogP contribution in [0.4, 0.5) is 0 Å². The molecule has 0 bridgehead atoms. The molecule has 0 N–H and O–H groups in total. The van der Waals surface area contributed by atoms with Gasteiger partial charge in [-0.15, -0.1) is 11.3 Å². The Morgan fingerprint density at radius 3 is 2.68 bits per heavy atom. The average molecular weight is 289 g/mol. The minimum atomic E-state index is -3.50. The van der Waals surface area contributed by atoms with E-state index in [9.17, 15) is 8.42 Å². The Kier molecular flexibility index (Phi) is 2.80. The normalized spacial score (nSPS) is 11.8. The largest absolute Gasteiger partial charge is 0.277 e. The van der Waals surface area contributed by atoms with Gasteiger partial charge in [-0.05, 0) is 29.1 Å². The first-order valence-electron chi connectivity index (χ1n) is 5.66. The maximum Gasteiger partial charge on any atom is 0.277 e. The molecule has 0 aliphatic carbocycles. The van der Waals surface area contributed by atoms with E-state index < -0.39 is 10.0 Å².